The third kappa shape index (κ3) is 3.87. The summed E-state index contributed by atoms with van der Waals surface area (Å²) < 4.78 is 1.85. The molecule has 0 fully saturated rings. The minimum absolute atomic E-state index is 0.127. The number of rotatable bonds is 6. The summed E-state index contributed by atoms with van der Waals surface area (Å²) in [4.78, 5) is 29.0. The molecular weight excluding hydrogens is 392 g/mol. The average Bonchev–Trinajstić information content (AvgIpc) is 3.28. The van der Waals surface area contributed by atoms with E-state index in [1.165, 1.54) is 11.8 Å². The van der Waals surface area contributed by atoms with Crippen molar-refractivity contribution in [3.8, 4) is 17.1 Å². The second-order valence-electron chi connectivity index (χ2n) is 6.24. The van der Waals surface area contributed by atoms with E-state index in [2.05, 4.69) is 25.5 Å². The number of H-pyrrole nitrogens is 2. The summed E-state index contributed by atoms with van der Waals surface area (Å²) in [6, 6.07) is 12.1. The van der Waals surface area contributed by atoms with Crippen molar-refractivity contribution >= 4 is 34.4 Å². The van der Waals surface area contributed by atoms with Crippen LogP contribution < -0.4 is 11.0 Å². The summed E-state index contributed by atoms with van der Waals surface area (Å²) in [6.45, 7) is 2.54. The zero-order chi connectivity index (χ0) is 20.4. The molecule has 4 aromatic rings. The molecule has 0 unspecified atom stereocenters. The highest BCUT2D eigenvalue weighted by Gasteiger charge is 2.16. The Hall–Kier alpha value is -3.53. The van der Waals surface area contributed by atoms with E-state index in [-0.39, 0.29) is 23.1 Å². The van der Waals surface area contributed by atoms with Crippen molar-refractivity contribution < 1.29 is 9.90 Å². The second kappa shape index (κ2) is 7.84. The van der Waals surface area contributed by atoms with Gasteiger partial charge in [-0.3, -0.25) is 4.79 Å². The third-order valence-corrected chi connectivity index (χ3v) is 5.28. The van der Waals surface area contributed by atoms with Gasteiger partial charge in [-0.25, -0.2) is 4.79 Å². The summed E-state index contributed by atoms with van der Waals surface area (Å²) in [5.74, 6) is 0.611. The Balaban J connectivity index is 1.46. The van der Waals surface area contributed by atoms with Gasteiger partial charge in [-0.05, 0) is 37.3 Å². The lowest BCUT2D eigenvalue weighted by Crippen LogP contribution is -2.14. The number of aromatic hydroxyl groups is 1. The van der Waals surface area contributed by atoms with E-state index in [0.717, 1.165) is 0 Å². The van der Waals surface area contributed by atoms with Gasteiger partial charge in [0, 0.05) is 12.2 Å². The SMILES string of the molecule is CCn1c(SCC(=O)Nc2ccc3[nH]c(=O)[nH]c3c2)nnc1-c1ccccc1O. The maximum absolute atomic E-state index is 12.3. The van der Waals surface area contributed by atoms with Gasteiger partial charge in [0.1, 0.15) is 5.75 Å². The van der Waals surface area contributed by atoms with E-state index in [1.54, 1.807) is 36.4 Å². The average molecular weight is 410 g/mol. The number of thioether (sulfide) groups is 1. The molecule has 29 heavy (non-hydrogen) atoms. The van der Waals surface area contributed by atoms with Gasteiger partial charge in [-0.2, -0.15) is 0 Å². The topological polar surface area (TPSA) is 129 Å². The lowest BCUT2D eigenvalue weighted by Gasteiger charge is -2.09. The number of para-hydroxylation sites is 1. The van der Waals surface area contributed by atoms with Crippen molar-refractivity contribution in [2.45, 2.75) is 18.6 Å². The number of hydrogen-bond acceptors (Lipinski definition) is 6. The van der Waals surface area contributed by atoms with Crippen LogP contribution in [0.5, 0.6) is 5.75 Å². The molecule has 2 aromatic heterocycles. The molecule has 0 saturated carbocycles. The molecule has 0 bridgehead atoms. The van der Waals surface area contributed by atoms with Gasteiger partial charge in [0.05, 0.1) is 22.3 Å². The van der Waals surface area contributed by atoms with Crippen molar-refractivity contribution in [3.05, 3.63) is 52.9 Å². The van der Waals surface area contributed by atoms with Gasteiger partial charge in [0.2, 0.25) is 5.91 Å². The lowest BCUT2D eigenvalue weighted by atomic mass is 10.2. The quantitative estimate of drug-likeness (QED) is 0.362. The third-order valence-electron chi connectivity index (χ3n) is 4.31. The van der Waals surface area contributed by atoms with Crippen LogP contribution >= 0.6 is 11.8 Å². The van der Waals surface area contributed by atoms with E-state index >= 15 is 0 Å². The Kier molecular flexibility index (Phi) is 5.09. The van der Waals surface area contributed by atoms with E-state index < -0.39 is 0 Å². The number of nitrogens with zero attached hydrogens (tertiary/aromatic N) is 3. The molecule has 4 N–H and O–H groups in total. The van der Waals surface area contributed by atoms with E-state index in [9.17, 15) is 14.7 Å². The van der Waals surface area contributed by atoms with Crippen molar-refractivity contribution in [1.82, 2.24) is 24.7 Å². The number of nitrogens with one attached hydrogen (secondary N) is 3. The summed E-state index contributed by atoms with van der Waals surface area (Å²) in [7, 11) is 0. The molecule has 0 atom stereocenters. The first-order chi connectivity index (χ1) is 14.0. The fourth-order valence-corrected chi connectivity index (χ4v) is 3.78. The number of anilines is 1. The van der Waals surface area contributed by atoms with Crippen LogP contribution in [0.3, 0.4) is 0 Å². The van der Waals surface area contributed by atoms with E-state index in [1.807, 2.05) is 17.6 Å². The largest absolute Gasteiger partial charge is 0.507 e. The molecule has 0 aliphatic rings. The number of fused-ring (bicyclic) bond motifs is 1. The summed E-state index contributed by atoms with van der Waals surface area (Å²) in [6.07, 6.45) is 0. The highest BCUT2D eigenvalue weighted by atomic mass is 32.2. The monoisotopic (exact) mass is 410 g/mol. The molecule has 148 valence electrons. The predicted molar refractivity (Wildman–Crippen MR) is 111 cm³/mol. The molecule has 0 saturated heterocycles. The smallest absolute Gasteiger partial charge is 0.323 e. The molecule has 2 aromatic carbocycles. The number of phenolic OH excluding ortho intramolecular Hbond substituents is 1. The fourth-order valence-electron chi connectivity index (χ4n) is 2.98. The number of imidazole rings is 1. The van der Waals surface area contributed by atoms with Crippen molar-refractivity contribution in [1.29, 1.82) is 0 Å². The molecule has 0 aliphatic heterocycles. The van der Waals surface area contributed by atoms with Gasteiger partial charge in [-0.15, -0.1) is 10.2 Å². The minimum Gasteiger partial charge on any atom is -0.507 e. The maximum atomic E-state index is 12.3. The molecule has 4 rings (SSSR count). The minimum atomic E-state index is -0.293. The predicted octanol–water partition coefficient (Wildman–Crippen LogP) is 2.57. The number of carbonyl (C=O) groups is 1. The first-order valence-corrected chi connectivity index (χ1v) is 9.90. The molecule has 2 heterocycles. The Morgan fingerprint density at radius 2 is 1.97 bits per heavy atom. The Morgan fingerprint density at radius 3 is 2.76 bits per heavy atom. The Labute approximate surface area is 169 Å². The first-order valence-electron chi connectivity index (χ1n) is 8.91. The second-order valence-corrected chi connectivity index (χ2v) is 7.19. The maximum Gasteiger partial charge on any atom is 0.323 e. The fraction of sp³-hybridized carbons (Fsp3) is 0.158. The zero-order valence-corrected chi connectivity index (χ0v) is 16.3. The van der Waals surface area contributed by atoms with E-state index in [4.69, 9.17) is 0 Å². The lowest BCUT2D eigenvalue weighted by molar-refractivity contribution is -0.113. The van der Waals surface area contributed by atoms with Gasteiger partial charge in [0.15, 0.2) is 11.0 Å². The van der Waals surface area contributed by atoms with Crippen LogP contribution in [-0.4, -0.2) is 41.5 Å². The van der Waals surface area contributed by atoms with Gasteiger partial charge in [-0.1, -0.05) is 23.9 Å². The molecule has 0 spiro atoms. The number of carbonyl (C=O) groups excluding carboxylic acids is 1. The van der Waals surface area contributed by atoms with Crippen LogP contribution in [0.1, 0.15) is 6.92 Å². The van der Waals surface area contributed by atoms with Crippen LogP contribution in [0.2, 0.25) is 0 Å². The summed E-state index contributed by atoms with van der Waals surface area (Å²) in [5, 5.41) is 21.8. The number of aromatic amines is 2. The van der Waals surface area contributed by atoms with E-state index in [0.29, 0.717) is 39.8 Å². The van der Waals surface area contributed by atoms with Crippen molar-refractivity contribution in [3.63, 3.8) is 0 Å². The molecular formula is C19H18N6O3S. The van der Waals surface area contributed by atoms with Crippen LogP contribution in [0.15, 0.2) is 52.4 Å². The van der Waals surface area contributed by atoms with Gasteiger partial charge in [0.25, 0.3) is 0 Å². The number of phenols is 1. The molecule has 9 nitrogen and oxygen atoms in total. The van der Waals surface area contributed by atoms with Crippen molar-refractivity contribution in [2.24, 2.45) is 0 Å². The summed E-state index contributed by atoms with van der Waals surface area (Å²) >= 11 is 1.26. The molecule has 1 amide bonds. The molecule has 10 heteroatoms. The summed E-state index contributed by atoms with van der Waals surface area (Å²) in [5.41, 5.74) is 2.18. The van der Waals surface area contributed by atoms with Gasteiger partial charge >= 0.3 is 5.69 Å². The zero-order valence-electron chi connectivity index (χ0n) is 15.5. The first kappa shape index (κ1) is 18.8. The van der Waals surface area contributed by atoms with Crippen LogP contribution in [-0.2, 0) is 11.3 Å². The van der Waals surface area contributed by atoms with Crippen LogP contribution in [0.4, 0.5) is 5.69 Å². The Bertz CT molecular complexity index is 1240. The van der Waals surface area contributed by atoms with Gasteiger partial charge < -0.3 is 25.0 Å². The molecule has 0 radical (unpaired) electrons. The van der Waals surface area contributed by atoms with Crippen LogP contribution in [0.25, 0.3) is 22.4 Å². The number of hydrogen-bond donors (Lipinski definition) is 4. The highest BCUT2D eigenvalue weighted by molar-refractivity contribution is 7.99. The normalized spacial score (nSPS) is 11.1. The molecule has 0 aliphatic carbocycles. The van der Waals surface area contributed by atoms with Crippen molar-refractivity contribution in [2.75, 3.05) is 11.1 Å². The standard InChI is InChI=1S/C19H18N6O3S/c1-2-25-17(12-5-3-4-6-15(12)26)23-24-19(25)29-10-16(27)20-11-7-8-13-14(9-11)22-18(28)21-13/h3-9,26H,2,10H2,1H3,(H,20,27)(H2,21,22,28). The number of benzene rings is 2. The number of aromatic nitrogens is 5. The highest BCUT2D eigenvalue weighted by Crippen LogP contribution is 2.30. The van der Waals surface area contributed by atoms with Crippen LogP contribution in [0, 0.1) is 0 Å². The Morgan fingerprint density at radius 1 is 1.17 bits per heavy atom. The number of amides is 1.